The molecule has 1 heterocycles. The first kappa shape index (κ1) is 27.0. The number of halogens is 3. The Morgan fingerprint density at radius 3 is 2.45 bits per heavy atom. The molecular formula is C26H24F3N3O5S. The van der Waals surface area contributed by atoms with E-state index < -0.39 is 33.7 Å². The molecule has 0 aliphatic carbocycles. The fraction of sp³-hybridized carbons (Fsp3) is 0.231. The largest absolute Gasteiger partial charge is 0.439 e. The van der Waals surface area contributed by atoms with Gasteiger partial charge in [-0.2, -0.15) is 8.78 Å². The number of sulfone groups is 1. The van der Waals surface area contributed by atoms with Gasteiger partial charge in [-0.05, 0) is 67.9 Å². The van der Waals surface area contributed by atoms with E-state index in [1.807, 2.05) is 0 Å². The molecule has 1 amide bonds. The van der Waals surface area contributed by atoms with Gasteiger partial charge < -0.3 is 20.1 Å². The number of alkyl halides is 2. The summed E-state index contributed by atoms with van der Waals surface area (Å²) in [7, 11) is -3.26. The monoisotopic (exact) mass is 547 g/mol. The molecule has 1 saturated heterocycles. The molecule has 0 unspecified atom stereocenters. The summed E-state index contributed by atoms with van der Waals surface area (Å²) in [6, 6.07) is 15.1. The SMILES string of the molecule is C[C@]1(NC(=O)c2ccc(Nc3cccc(OC(F)F)c3)c(C(=N)Oc3ccc(F)cc3)c2)CCS(=O)(=O)C1. The third-order valence-electron chi connectivity index (χ3n) is 5.82. The molecular weight excluding hydrogens is 523 g/mol. The first-order valence-electron chi connectivity index (χ1n) is 11.4. The Bertz CT molecular complexity index is 1470. The average Bonchev–Trinajstić information content (AvgIpc) is 3.12. The van der Waals surface area contributed by atoms with Gasteiger partial charge in [-0.3, -0.25) is 10.2 Å². The molecule has 1 atom stereocenters. The van der Waals surface area contributed by atoms with E-state index in [1.54, 1.807) is 13.0 Å². The normalized spacial score (nSPS) is 18.1. The molecule has 1 fully saturated rings. The van der Waals surface area contributed by atoms with Crippen LogP contribution in [-0.2, 0) is 9.84 Å². The zero-order chi connectivity index (χ0) is 27.5. The highest BCUT2D eigenvalue weighted by molar-refractivity contribution is 7.91. The van der Waals surface area contributed by atoms with Crippen molar-refractivity contribution < 1.29 is 35.9 Å². The number of anilines is 2. The van der Waals surface area contributed by atoms with Crippen LogP contribution in [0.2, 0.25) is 0 Å². The summed E-state index contributed by atoms with van der Waals surface area (Å²) < 4.78 is 72.4. The number of hydrogen-bond donors (Lipinski definition) is 3. The molecule has 0 bridgehead atoms. The molecule has 3 aromatic carbocycles. The smallest absolute Gasteiger partial charge is 0.387 e. The minimum atomic E-state index is -3.26. The number of nitrogens with one attached hydrogen (secondary N) is 3. The van der Waals surface area contributed by atoms with Crippen LogP contribution in [0.5, 0.6) is 11.5 Å². The molecule has 12 heteroatoms. The van der Waals surface area contributed by atoms with Crippen molar-refractivity contribution in [3.8, 4) is 11.5 Å². The van der Waals surface area contributed by atoms with Gasteiger partial charge in [0.2, 0.25) is 5.90 Å². The third-order valence-corrected chi connectivity index (χ3v) is 7.72. The summed E-state index contributed by atoms with van der Waals surface area (Å²) in [6.45, 7) is -1.35. The molecule has 200 valence electrons. The number of carbonyl (C=O) groups excluding carboxylic acids is 1. The van der Waals surface area contributed by atoms with Gasteiger partial charge in [0, 0.05) is 17.3 Å². The van der Waals surface area contributed by atoms with Crippen molar-refractivity contribution in [2.75, 3.05) is 16.8 Å². The molecule has 0 spiro atoms. The summed E-state index contributed by atoms with van der Waals surface area (Å²) in [5.41, 5.74) is -0.00182. The van der Waals surface area contributed by atoms with Crippen LogP contribution < -0.4 is 20.1 Å². The van der Waals surface area contributed by atoms with Crippen LogP contribution in [0.4, 0.5) is 24.5 Å². The number of rotatable bonds is 8. The predicted octanol–water partition coefficient (Wildman–Crippen LogP) is 4.88. The summed E-state index contributed by atoms with van der Waals surface area (Å²) in [4.78, 5) is 13.0. The van der Waals surface area contributed by atoms with Gasteiger partial charge in [-0.25, -0.2) is 12.8 Å². The molecule has 0 radical (unpaired) electrons. The van der Waals surface area contributed by atoms with E-state index in [4.69, 9.17) is 10.1 Å². The summed E-state index contributed by atoms with van der Waals surface area (Å²) >= 11 is 0. The van der Waals surface area contributed by atoms with Gasteiger partial charge in [0.1, 0.15) is 17.3 Å². The standard InChI is InChI=1S/C26H24F3N3O5S/c1-26(11-12-38(34,35)15-26)32-24(33)16-5-10-22(31-18-3-2-4-20(14-18)37-25(28)29)21(13-16)23(30)36-19-8-6-17(27)7-9-19/h2-10,13-14,25,30-31H,11-12,15H2,1H3,(H,32,33)/t26-/m0/s1. The van der Waals surface area contributed by atoms with E-state index in [1.165, 1.54) is 48.5 Å². The molecule has 8 nitrogen and oxygen atoms in total. The van der Waals surface area contributed by atoms with Gasteiger partial charge in [-0.15, -0.1) is 0 Å². The van der Waals surface area contributed by atoms with Crippen LogP contribution in [0, 0.1) is 11.2 Å². The van der Waals surface area contributed by atoms with Crippen molar-refractivity contribution >= 4 is 33.0 Å². The van der Waals surface area contributed by atoms with E-state index in [0.717, 1.165) is 12.1 Å². The highest BCUT2D eigenvalue weighted by Gasteiger charge is 2.39. The topological polar surface area (TPSA) is 118 Å². The second-order valence-corrected chi connectivity index (χ2v) is 11.2. The minimum Gasteiger partial charge on any atom is -0.439 e. The quantitative estimate of drug-likeness (QED) is 0.273. The summed E-state index contributed by atoms with van der Waals surface area (Å²) in [5.74, 6) is -1.53. The lowest BCUT2D eigenvalue weighted by Crippen LogP contribution is -2.46. The van der Waals surface area contributed by atoms with E-state index in [-0.39, 0.29) is 46.5 Å². The molecule has 1 aliphatic heterocycles. The van der Waals surface area contributed by atoms with E-state index in [2.05, 4.69) is 15.4 Å². The third kappa shape index (κ3) is 6.82. The van der Waals surface area contributed by atoms with Gasteiger partial charge in [0.15, 0.2) is 9.84 Å². The van der Waals surface area contributed by atoms with Crippen LogP contribution in [0.15, 0.2) is 66.7 Å². The lowest BCUT2D eigenvalue weighted by atomic mass is 10.0. The fourth-order valence-corrected chi connectivity index (χ4v) is 6.11. The minimum absolute atomic E-state index is 0.0254. The fourth-order valence-electron chi connectivity index (χ4n) is 4.02. The maximum Gasteiger partial charge on any atom is 0.387 e. The zero-order valence-corrected chi connectivity index (χ0v) is 20.9. The van der Waals surface area contributed by atoms with Crippen molar-refractivity contribution in [1.82, 2.24) is 5.32 Å². The number of carbonyl (C=O) groups is 1. The molecule has 38 heavy (non-hydrogen) atoms. The van der Waals surface area contributed by atoms with Crippen LogP contribution >= 0.6 is 0 Å². The van der Waals surface area contributed by atoms with Gasteiger partial charge in [-0.1, -0.05) is 6.07 Å². The number of ether oxygens (including phenoxy) is 2. The molecule has 4 rings (SSSR count). The first-order chi connectivity index (χ1) is 17.9. The predicted molar refractivity (Wildman–Crippen MR) is 136 cm³/mol. The maximum atomic E-state index is 13.3. The highest BCUT2D eigenvalue weighted by atomic mass is 32.2. The van der Waals surface area contributed by atoms with Gasteiger partial charge >= 0.3 is 6.61 Å². The molecule has 1 aliphatic rings. The zero-order valence-electron chi connectivity index (χ0n) is 20.1. The van der Waals surface area contributed by atoms with E-state index in [9.17, 15) is 26.4 Å². The number of benzene rings is 3. The van der Waals surface area contributed by atoms with Crippen molar-refractivity contribution in [3.05, 3.63) is 83.7 Å². The second kappa shape index (κ2) is 10.7. The molecule has 3 aromatic rings. The Balaban J connectivity index is 1.64. The van der Waals surface area contributed by atoms with Crippen LogP contribution in [0.3, 0.4) is 0 Å². The van der Waals surface area contributed by atoms with Crippen molar-refractivity contribution in [3.63, 3.8) is 0 Å². The van der Waals surface area contributed by atoms with Gasteiger partial charge in [0.05, 0.1) is 28.3 Å². The molecule has 0 aromatic heterocycles. The highest BCUT2D eigenvalue weighted by Crippen LogP contribution is 2.28. The van der Waals surface area contributed by atoms with Crippen LogP contribution in [-0.4, -0.2) is 43.9 Å². The van der Waals surface area contributed by atoms with Crippen LogP contribution in [0.25, 0.3) is 0 Å². The summed E-state index contributed by atoms with van der Waals surface area (Å²) in [5, 5.41) is 14.3. The van der Waals surface area contributed by atoms with Crippen molar-refractivity contribution in [1.29, 1.82) is 5.41 Å². The number of hydrogen-bond acceptors (Lipinski definition) is 7. The Hall–Kier alpha value is -4.06. The van der Waals surface area contributed by atoms with E-state index >= 15 is 0 Å². The first-order valence-corrected chi connectivity index (χ1v) is 13.2. The van der Waals surface area contributed by atoms with Gasteiger partial charge in [0.25, 0.3) is 5.91 Å². The van der Waals surface area contributed by atoms with Crippen molar-refractivity contribution in [2.45, 2.75) is 25.5 Å². The van der Waals surface area contributed by atoms with E-state index in [0.29, 0.717) is 11.4 Å². The lowest BCUT2D eigenvalue weighted by molar-refractivity contribution is -0.0498. The lowest BCUT2D eigenvalue weighted by Gasteiger charge is -2.24. The molecule has 3 N–H and O–H groups in total. The Labute approximate surface area is 217 Å². The summed E-state index contributed by atoms with van der Waals surface area (Å²) in [6.07, 6.45) is 0.272. The Morgan fingerprint density at radius 2 is 1.79 bits per heavy atom. The number of amides is 1. The van der Waals surface area contributed by atoms with Crippen LogP contribution in [0.1, 0.15) is 29.3 Å². The van der Waals surface area contributed by atoms with Crippen molar-refractivity contribution in [2.24, 2.45) is 0 Å². The second-order valence-electron chi connectivity index (χ2n) is 9.03. The Kier molecular flexibility index (Phi) is 7.63. The maximum absolute atomic E-state index is 13.3. The Morgan fingerprint density at radius 1 is 1.05 bits per heavy atom. The average molecular weight is 548 g/mol. The molecule has 0 saturated carbocycles.